The molecule has 0 aliphatic carbocycles. The first-order valence-corrected chi connectivity index (χ1v) is 10.0. The molecule has 0 fully saturated rings. The SMILES string of the molecule is CCCCCCC(C)C(N)N.NCCCCCCCCCCN. The van der Waals surface area contributed by atoms with E-state index in [2.05, 4.69) is 13.8 Å². The minimum Gasteiger partial charge on any atom is -0.330 e. The van der Waals surface area contributed by atoms with E-state index in [0.717, 1.165) is 13.1 Å². The minimum absolute atomic E-state index is 0.128. The van der Waals surface area contributed by atoms with Gasteiger partial charge in [-0.15, -0.1) is 0 Å². The van der Waals surface area contributed by atoms with E-state index in [1.165, 1.54) is 83.5 Å². The molecule has 0 heterocycles. The third-order valence-electron chi connectivity index (χ3n) is 4.33. The topological polar surface area (TPSA) is 104 Å². The highest BCUT2D eigenvalue weighted by Crippen LogP contribution is 2.10. The summed E-state index contributed by atoms with van der Waals surface area (Å²) in [6.45, 7) is 6.05. The lowest BCUT2D eigenvalue weighted by atomic mass is 10.0. The Morgan fingerprint density at radius 2 is 1.00 bits per heavy atom. The monoisotopic (exact) mass is 330 g/mol. The Morgan fingerprint density at radius 1 is 0.609 bits per heavy atom. The summed E-state index contributed by atoms with van der Waals surface area (Å²) in [7, 11) is 0. The predicted octanol–water partition coefficient (Wildman–Crippen LogP) is 3.86. The molecule has 0 saturated heterocycles. The maximum absolute atomic E-state index is 5.53. The number of hydrogen-bond acceptors (Lipinski definition) is 4. The van der Waals surface area contributed by atoms with E-state index in [1.54, 1.807) is 0 Å². The molecule has 1 atom stereocenters. The first-order valence-electron chi connectivity index (χ1n) is 10.0. The van der Waals surface area contributed by atoms with Gasteiger partial charge in [-0.1, -0.05) is 78.1 Å². The quantitative estimate of drug-likeness (QED) is 0.270. The Morgan fingerprint density at radius 3 is 1.35 bits per heavy atom. The Labute approximate surface area is 146 Å². The standard InChI is InChI=1S/C10H24N2.C9H22N2/c11-9-7-5-3-1-2-4-6-8-10-12;1-3-4-5-6-7-8(2)9(10)11/h1-12H2;8-9H,3-7,10-11H2,1-2H3. The molecule has 4 heteroatoms. The van der Waals surface area contributed by atoms with E-state index in [9.17, 15) is 0 Å². The highest BCUT2D eigenvalue weighted by Gasteiger charge is 2.06. The van der Waals surface area contributed by atoms with Crippen molar-refractivity contribution in [3.63, 3.8) is 0 Å². The molecule has 0 saturated carbocycles. The van der Waals surface area contributed by atoms with Crippen LogP contribution in [-0.4, -0.2) is 19.3 Å². The number of hydrogen-bond donors (Lipinski definition) is 4. The zero-order valence-corrected chi connectivity index (χ0v) is 16.1. The number of unbranched alkanes of at least 4 members (excludes halogenated alkanes) is 10. The summed E-state index contributed by atoms with van der Waals surface area (Å²) in [6.07, 6.45) is 16.8. The van der Waals surface area contributed by atoms with Gasteiger partial charge in [-0.3, -0.25) is 0 Å². The second kappa shape index (κ2) is 21.8. The number of rotatable bonds is 15. The van der Waals surface area contributed by atoms with Crippen LogP contribution in [0.5, 0.6) is 0 Å². The second-order valence-electron chi connectivity index (χ2n) is 6.81. The average molecular weight is 331 g/mol. The van der Waals surface area contributed by atoms with Crippen LogP contribution >= 0.6 is 0 Å². The van der Waals surface area contributed by atoms with Crippen molar-refractivity contribution in [1.82, 2.24) is 0 Å². The Balaban J connectivity index is 0. The summed E-state index contributed by atoms with van der Waals surface area (Å²) in [4.78, 5) is 0. The first kappa shape index (κ1) is 25.1. The van der Waals surface area contributed by atoms with Crippen LogP contribution in [0.4, 0.5) is 0 Å². The van der Waals surface area contributed by atoms with Gasteiger partial charge >= 0.3 is 0 Å². The lowest BCUT2D eigenvalue weighted by Crippen LogP contribution is -2.37. The van der Waals surface area contributed by atoms with Crippen LogP contribution in [0.1, 0.15) is 97.3 Å². The lowest BCUT2D eigenvalue weighted by Gasteiger charge is -2.14. The van der Waals surface area contributed by atoms with Crippen molar-refractivity contribution in [2.45, 2.75) is 103 Å². The summed E-state index contributed by atoms with van der Waals surface area (Å²) >= 11 is 0. The van der Waals surface area contributed by atoms with Gasteiger partial charge in [-0.25, -0.2) is 0 Å². The van der Waals surface area contributed by atoms with Gasteiger partial charge in [-0.05, 0) is 38.3 Å². The molecular weight excluding hydrogens is 284 g/mol. The van der Waals surface area contributed by atoms with E-state index >= 15 is 0 Å². The third kappa shape index (κ3) is 24.2. The Hall–Kier alpha value is -0.160. The highest BCUT2D eigenvalue weighted by molar-refractivity contribution is 4.61. The van der Waals surface area contributed by atoms with E-state index in [4.69, 9.17) is 22.9 Å². The zero-order valence-electron chi connectivity index (χ0n) is 16.1. The lowest BCUT2D eigenvalue weighted by molar-refractivity contribution is 0.414. The van der Waals surface area contributed by atoms with Crippen molar-refractivity contribution in [2.24, 2.45) is 28.9 Å². The molecule has 8 N–H and O–H groups in total. The smallest absolute Gasteiger partial charge is 0.0547 e. The van der Waals surface area contributed by atoms with Gasteiger partial charge in [0.15, 0.2) is 0 Å². The summed E-state index contributed by atoms with van der Waals surface area (Å²) in [5, 5.41) is 0. The summed E-state index contributed by atoms with van der Waals surface area (Å²) in [5.41, 5.74) is 21.8. The fourth-order valence-electron chi connectivity index (χ4n) is 2.43. The summed E-state index contributed by atoms with van der Waals surface area (Å²) in [6, 6.07) is 0. The molecule has 142 valence electrons. The molecule has 0 radical (unpaired) electrons. The van der Waals surface area contributed by atoms with Crippen molar-refractivity contribution >= 4 is 0 Å². The molecule has 0 bridgehead atoms. The second-order valence-corrected chi connectivity index (χ2v) is 6.81. The van der Waals surface area contributed by atoms with E-state index < -0.39 is 0 Å². The van der Waals surface area contributed by atoms with E-state index in [1.807, 2.05) is 0 Å². The van der Waals surface area contributed by atoms with Crippen LogP contribution < -0.4 is 22.9 Å². The van der Waals surface area contributed by atoms with Crippen molar-refractivity contribution in [3.8, 4) is 0 Å². The molecule has 0 aromatic heterocycles. The maximum Gasteiger partial charge on any atom is 0.0547 e. The van der Waals surface area contributed by atoms with Crippen molar-refractivity contribution in [3.05, 3.63) is 0 Å². The van der Waals surface area contributed by atoms with Gasteiger partial charge in [0.25, 0.3) is 0 Å². The maximum atomic E-state index is 5.53. The normalized spacial score (nSPS) is 12.1. The van der Waals surface area contributed by atoms with Crippen molar-refractivity contribution < 1.29 is 0 Å². The van der Waals surface area contributed by atoms with Gasteiger partial charge in [0.1, 0.15) is 0 Å². The molecule has 0 spiro atoms. The van der Waals surface area contributed by atoms with E-state index in [0.29, 0.717) is 5.92 Å². The van der Waals surface area contributed by atoms with Crippen LogP contribution in [0, 0.1) is 5.92 Å². The van der Waals surface area contributed by atoms with Gasteiger partial charge in [-0.2, -0.15) is 0 Å². The molecule has 0 rings (SSSR count). The minimum atomic E-state index is -0.128. The largest absolute Gasteiger partial charge is 0.330 e. The van der Waals surface area contributed by atoms with Gasteiger partial charge < -0.3 is 22.9 Å². The molecule has 0 aromatic rings. The molecule has 0 aliphatic rings. The molecule has 1 unspecified atom stereocenters. The highest BCUT2D eigenvalue weighted by atomic mass is 14.9. The summed E-state index contributed by atoms with van der Waals surface area (Å²) < 4.78 is 0. The molecule has 4 nitrogen and oxygen atoms in total. The summed E-state index contributed by atoms with van der Waals surface area (Å²) in [5.74, 6) is 0.479. The predicted molar refractivity (Wildman–Crippen MR) is 105 cm³/mol. The van der Waals surface area contributed by atoms with Crippen LogP contribution in [-0.2, 0) is 0 Å². The van der Waals surface area contributed by atoms with Crippen molar-refractivity contribution in [2.75, 3.05) is 13.1 Å². The van der Waals surface area contributed by atoms with Crippen molar-refractivity contribution in [1.29, 1.82) is 0 Å². The number of nitrogens with two attached hydrogens (primary N) is 4. The molecular formula is C19H46N4. The zero-order chi connectivity index (χ0) is 17.8. The van der Waals surface area contributed by atoms with Crippen LogP contribution in [0.15, 0.2) is 0 Å². The van der Waals surface area contributed by atoms with Crippen LogP contribution in [0.25, 0.3) is 0 Å². The van der Waals surface area contributed by atoms with Gasteiger partial charge in [0.05, 0.1) is 6.17 Å². The molecule has 0 amide bonds. The fraction of sp³-hybridized carbons (Fsp3) is 1.00. The molecule has 0 aliphatic heterocycles. The van der Waals surface area contributed by atoms with E-state index in [-0.39, 0.29) is 6.17 Å². The van der Waals surface area contributed by atoms with Crippen LogP contribution in [0.3, 0.4) is 0 Å². The Bertz CT molecular complexity index is 188. The molecule has 0 aromatic carbocycles. The fourth-order valence-corrected chi connectivity index (χ4v) is 2.43. The average Bonchev–Trinajstić information content (AvgIpc) is 2.54. The van der Waals surface area contributed by atoms with Gasteiger partial charge in [0, 0.05) is 0 Å². The third-order valence-corrected chi connectivity index (χ3v) is 4.33. The Kier molecular flexibility index (Phi) is 23.8. The van der Waals surface area contributed by atoms with Crippen LogP contribution in [0.2, 0.25) is 0 Å². The molecule has 23 heavy (non-hydrogen) atoms. The first-order chi connectivity index (χ1) is 11.1. The van der Waals surface area contributed by atoms with Gasteiger partial charge in [0.2, 0.25) is 0 Å².